The molecule has 1 heteroatoms. The molecule has 1 heterocycles. The molecule has 2 aliphatic rings. The summed E-state index contributed by atoms with van der Waals surface area (Å²) < 4.78 is 0. The van der Waals surface area contributed by atoms with Gasteiger partial charge in [0, 0.05) is 11.6 Å². The Morgan fingerprint density at radius 3 is 2.64 bits per heavy atom. The molecule has 1 nitrogen and oxygen atoms in total. The summed E-state index contributed by atoms with van der Waals surface area (Å²) in [4.78, 5) is 0. The van der Waals surface area contributed by atoms with E-state index >= 15 is 0 Å². The van der Waals surface area contributed by atoms with Crippen molar-refractivity contribution in [2.24, 2.45) is 5.41 Å². The van der Waals surface area contributed by atoms with E-state index < -0.39 is 0 Å². The van der Waals surface area contributed by atoms with Gasteiger partial charge in [0.2, 0.25) is 0 Å². The summed E-state index contributed by atoms with van der Waals surface area (Å²) in [6, 6.07) is 0.741. The van der Waals surface area contributed by atoms with Crippen LogP contribution in [0.5, 0.6) is 0 Å². The standard InChI is InChI=1S/C10H19N/c1-8-7-9(2)5-4-6-10(9,3)11-8/h8,11H,4-7H2,1-3H3/t8-,9+,10-/m0/s1. The van der Waals surface area contributed by atoms with Gasteiger partial charge in [0.05, 0.1) is 0 Å². The topological polar surface area (TPSA) is 12.0 Å². The SMILES string of the molecule is C[C@H]1C[C@@]2(C)CCC[C@]2(C)N1. The minimum atomic E-state index is 0.465. The molecule has 3 atom stereocenters. The van der Waals surface area contributed by atoms with Crippen molar-refractivity contribution in [1.82, 2.24) is 5.32 Å². The first-order valence-electron chi connectivity index (χ1n) is 4.83. The van der Waals surface area contributed by atoms with E-state index in [0.717, 1.165) is 6.04 Å². The molecule has 1 saturated carbocycles. The Balaban J connectivity index is 2.28. The van der Waals surface area contributed by atoms with E-state index in [1.54, 1.807) is 0 Å². The van der Waals surface area contributed by atoms with Crippen molar-refractivity contribution in [3.63, 3.8) is 0 Å². The Kier molecular flexibility index (Phi) is 1.39. The summed E-state index contributed by atoms with van der Waals surface area (Å²) in [6.45, 7) is 7.18. The second-order valence-corrected chi connectivity index (χ2v) is 5.00. The van der Waals surface area contributed by atoms with E-state index in [9.17, 15) is 0 Å². The predicted molar refractivity (Wildman–Crippen MR) is 47.6 cm³/mol. The van der Waals surface area contributed by atoms with Gasteiger partial charge in [-0.2, -0.15) is 0 Å². The predicted octanol–water partition coefficient (Wildman–Crippen LogP) is 2.32. The molecule has 2 rings (SSSR count). The van der Waals surface area contributed by atoms with Crippen LogP contribution in [-0.2, 0) is 0 Å². The third-order valence-electron chi connectivity index (χ3n) is 4.06. The lowest BCUT2D eigenvalue weighted by Gasteiger charge is -2.33. The molecule has 0 spiro atoms. The molecule has 64 valence electrons. The Bertz CT molecular complexity index is 160. The third-order valence-corrected chi connectivity index (χ3v) is 4.06. The molecule has 0 aromatic heterocycles. The van der Waals surface area contributed by atoms with Gasteiger partial charge in [-0.3, -0.25) is 0 Å². The quantitative estimate of drug-likeness (QED) is 0.563. The van der Waals surface area contributed by atoms with Gasteiger partial charge in [0.15, 0.2) is 0 Å². The third kappa shape index (κ3) is 0.868. The number of fused-ring (bicyclic) bond motifs is 1. The Morgan fingerprint density at radius 2 is 2.00 bits per heavy atom. The largest absolute Gasteiger partial charge is 0.308 e. The van der Waals surface area contributed by atoms with Crippen LogP contribution < -0.4 is 5.32 Å². The molecule has 1 saturated heterocycles. The molecule has 0 aromatic carbocycles. The van der Waals surface area contributed by atoms with Gasteiger partial charge >= 0.3 is 0 Å². The van der Waals surface area contributed by atoms with Crippen molar-refractivity contribution in [2.75, 3.05) is 0 Å². The zero-order chi connectivity index (χ0) is 8.11. The van der Waals surface area contributed by atoms with Crippen LogP contribution in [0.3, 0.4) is 0 Å². The Morgan fingerprint density at radius 1 is 1.27 bits per heavy atom. The maximum atomic E-state index is 3.73. The molecule has 0 radical (unpaired) electrons. The molecule has 11 heavy (non-hydrogen) atoms. The van der Waals surface area contributed by atoms with Crippen LogP contribution in [0.4, 0.5) is 0 Å². The van der Waals surface area contributed by atoms with E-state index in [0.29, 0.717) is 11.0 Å². The number of nitrogens with one attached hydrogen (secondary N) is 1. The average molecular weight is 153 g/mol. The van der Waals surface area contributed by atoms with Crippen LogP contribution in [0.15, 0.2) is 0 Å². The lowest BCUT2D eigenvalue weighted by Crippen LogP contribution is -2.44. The highest BCUT2D eigenvalue weighted by atomic mass is 15.1. The molecular formula is C10H19N. The van der Waals surface area contributed by atoms with Crippen molar-refractivity contribution in [3.05, 3.63) is 0 Å². The maximum Gasteiger partial charge on any atom is 0.0209 e. The molecule has 0 unspecified atom stereocenters. The van der Waals surface area contributed by atoms with E-state index in [1.165, 1.54) is 25.7 Å². The summed E-state index contributed by atoms with van der Waals surface area (Å²) in [6.07, 6.45) is 5.62. The lowest BCUT2D eigenvalue weighted by atomic mass is 9.75. The monoisotopic (exact) mass is 153 g/mol. The molecule has 2 fully saturated rings. The molecule has 0 aromatic rings. The highest BCUT2D eigenvalue weighted by molar-refractivity contribution is 5.10. The fourth-order valence-electron chi connectivity index (χ4n) is 3.25. The minimum absolute atomic E-state index is 0.465. The first kappa shape index (κ1) is 7.60. The normalized spacial score (nSPS) is 56.5. The first-order valence-corrected chi connectivity index (χ1v) is 4.83. The zero-order valence-corrected chi connectivity index (χ0v) is 7.91. The highest BCUT2D eigenvalue weighted by Gasteiger charge is 2.53. The van der Waals surface area contributed by atoms with Gasteiger partial charge in [-0.1, -0.05) is 13.3 Å². The first-order chi connectivity index (χ1) is 5.06. The van der Waals surface area contributed by atoms with Gasteiger partial charge in [-0.15, -0.1) is 0 Å². The molecular weight excluding hydrogens is 134 g/mol. The van der Waals surface area contributed by atoms with Crippen LogP contribution in [0, 0.1) is 5.41 Å². The van der Waals surface area contributed by atoms with E-state index in [4.69, 9.17) is 0 Å². The van der Waals surface area contributed by atoms with Gasteiger partial charge < -0.3 is 5.32 Å². The number of hydrogen-bond acceptors (Lipinski definition) is 1. The minimum Gasteiger partial charge on any atom is -0.308 e. The number of rotatable bonds is 0. The molecule has 1 aliphatic heterocycles. The zero-order valence-electron chi connectivity index (χ0n) is 7.91. The van der Waals surface area contributed by atoms with Crippen LogP contribution in [-0.4, -0.2) is 11.6 Å². The van der Waals surface area contributed by atoms with Crippen LogP contribution in [0.1, 0.15) is 46.5 Å². The highest BCUT2D eigenvalue weighted by Crippen LogP contribution is 2.53. The summed E-state index contributed by atoms with van der Waals surface area (Å²) in [5.41, 5.74) is 1.07. The summed E-state index contributed by atoms with van der Waals surface area (Å²) in [7, 11) is 0. The summed E-state index contributed by atoms with van der Waals surface area (Å²) in [5, 5.41) is 3.73. The molecule has 0 bridgehead atoms. The Hall–Kier alpha value is -0.0400. The van der Waals surface area contributed by atoms with Gasteiger partial charge in [-0.25, -0.2) is 0 Å². The van der Waals surface area contributed by atoms with Crippen molar-refractivity contribution >= 4 is 0 Å². The van der Waals surface area contributed by atoms with Gasteiger partial charge in [0.25, 0.3) is 0 Å². The van der Waals surface area contributed by atoms with Gasteiger partial charge in [0.1, 0.15) is 0 Å². The second-order valence-electron chi connectivity index (χ2n) is 5.00. The smallest absolute Gasteiger partial charge is 0.0209 e. The molecule has 1 aliphatic carbocycles. The lowest BCUT2D eigenvalue weighted by molar-refractivity contribution is 0.224. The fraction of sp³-hybridized carbons (Fsp3) is 1.00. The van der Waals surface area contributed by atoms with E-state index in [1.807, 2.05) is 0 Å². The maximum absolute atomic E-state index is 3.73. The summed E-state index contributed by atoms with van der Waals surface area (Å²) >= 11 is 0. The molecule has 0 amide bonds. The van der Waals surface area contributed by atoms with Crippen molar-refractivity contribution in [1.29, 1.82) is 0 Å². The van der Waals surface area contributed by atoms with E-state index in [-0.39, 0.29) is 0 Å². The summed E-state index contributed by atoms with van der Waals surface area (Å²) in [5.74, 6) is 0. The van der Waals surface area contributed by atoms with Crippen molar-refractivity contribution < 1.29 is 0 Å². The van der Waals surface area contributed by atoms with Crippen LogP contribution in [0.2, 0.25) is 0 Å². The van der Waals surface area contributed by atoms with Gasteiger partial charge in [-0.05, 0) is 38.5 Å². The second kappa shape index (κ2) is 2.01. The Labute approximate surface area is 69.6 Å². The van der Waals surface area contributed by atoms with Crippen molar-refractivity contribution in [3.8, 4) is 0 Å². The van der Waals surface area contributed by atoms with Crippen molar-refractivity contribution in [2.45, 2.75) is 58.0 Å². The van der Waals surface area contributed by atoms with Crippen LogP contribution >= 0.6 is 0 Å². The molecule has 1 N–H and O–H groups in total. The van der Waals surface area contributed by atoms with Crippen LogP contribution in [0.25, 0.3) is 0 Å². The average Bonchev–Trinajstić information content (AvgIpc) is 2.16. The van der Waals surface area contributed by atoms with E-state index in [2.05, 4.69) is 26.1 Å². The fourth-order valence-corrected chi connectivity index (χ4v) is 3.25. The number of hydrogen-bond donors (Lipinski definition) is 1.